The minimum absolute atomic E-state index is 0.00576. The number of carbonyl (C=O) groups is 1. The van der Waals surface area contributed by atoms with Crippen LogP contribution >= 0.6 is 0 Å². The number of ether oxygens (including phenoxy) is 1. The minimum Gasteiger partial charge on any atom is -0.435 e. The zero-order chi connectivity index (χ0) is 15.4. The molecule has 0 aliphatic heterocycles. The molecule has 3 N–H and O–H groups in total. The Morgan fingerprint density at radius 2 is 2.19 bits per heavy atom. The van der Waals surface area contributed by atoms with Crippen LogP contribution in [0.1, 0.15) is 29.0 Å². The van der Waals surface area contributed by atoms with E-state index in [1.807, 2.05) is 0 Å². The third-order valence-corrected chi connectivity index (χ3v) is 2.66. The highest BCUT2D eigenvalue weighted by Gasteiger charge is 2.19. The molecule has 2 aromatic rings. The smallest absolute Gasteiger partial charge is 0.387 e. The van der Waals surface area contributed by atoms with Gasteiger partial charge < -0.3 is 15.8 Å². The Hall–Kier alpha value is -2.71. The highest BCUT2D eigenvalue weighted by molar-refractivity contribution is 5.96. The molecule has 1 aromatic carbocycles. The third-order valence-electron chi connectivity index (χ3n) is 2.66. The molecule has 1 atom stereocenters. The number of halogens is 2. The monoisotopic (exact) mass is 298 g/mol. The summed E-state index contributed by atoms with van der Waals surface area (Å²) in [6, 6.07) is 5.52. The maximum Gasteiger partial charge on any atom is 0.387 e. The first-order valence-electron chi connectivity index (χ1n) is 5.91. The highest BCUT2D eigenvalue weighted by atomic mass is 19.3. The van der Waals surface area contributed by atoms with Crippen molar-refractivity contribution >= 4 is 11.7 Å². The van der Waals surface area contributed by atoms with Crippen LogP contribution in [0.3, 0.4) is 0 Å². The molecule has 0 fully saturated rings. The van der Waals surface area contributed by atoms with Crippen LogP contribution in [0.15, 0.2) is 28.9 Å². The molecule has 1 amide bonds. The lowest BCUT2D eigenvalue weighted by Crippen LogP contribution is -2.27. The summed E-state index contributed by atoms with van der Waals surface area (Å²) in [5, 5.41) is 9.26. The van der Waals surface area contributed by atoms with E-state index in [0.717, 1.165) is 0 Å². The fraction of sp³-hybridized carbons (Fsp3) is 0.250. The molecule has 0 bridgehead atoms. The van der Waals surface area contributed by atoms with Crippen molar-refractivity contribution in [2.45, 2.75) is 19.6 Å². The van der Waals surface area contributed by atoms with E-state index in [0.29, 0.717) is 5.56 Å². The van der Waals surface area contributed by atoms with Gasteiger partial charge in [0.2, 0.25) is 11.5 Å². The number of benzene rings is 1. The van der Waals surface area contributed by atoms with Gasteiger partial charge in [-0.25, -0.2) is 4.63 Å². The van der Waals surface area contributed by atoms with Crippen LogP contribution in [0.25, 0.3) is 0 Å². The summed E-state index contributed by atoms with van der Waals surface area (Å²) in [4.78, 5) is 11.9. The Morgan fingerprint density at radius 3 is 2.81 bits per heavy atom. The number of nitrogens with one attached hydrogen (secondary N) is 1. The van der Waals surface area contributed by atoms with Gasteiger partial charge in [0.25, 0.3) is 5.91 Å². The second-order valence-corrected chi connectivity index (χ2v) is 4.14. The molecule has 2 rings (SSSR count). The van der Waals surface area contributed by atoms with Crippen molar-refractivity contribution in [2.24, 2.45) is 0 Å². The Morgan fingerprint density at radius 1 is 1.43 bits per heavy atom. The van der Waals surface area contributed by atoms with E-state index in [2.05, 4.69) is 25.0 Å². The number of nitrogens with zero attached hydrogens (tertiary/aromatic N) is 2. The topological polar surface area (TPSA) is 103 Å². The standard InChI is InChI=1S/C12H12F2N4O3/c1-6(16-11(19)9-10(15)18-21-17-9)7-3-2-4-8(5-7)20-12(13)14/h2-6,12H,1H3,(H2,15,18)(H,16,19). The highest BCUT2D eigenvalue weighted by Crippen LogP contribution is 2.21. The second-order valence-electron chi connectivity index (χ2n) is 4.14. The fourth-order valence-corrected chi connectivity index (χ4v) is 1.66. The van der Waals surface area contributed by atoms with E-state index in [4.69, 9.17) is 5.73 Å². The zero-order valence-electron chi connectivity index (χ0n) is 10.9. The van der Waals surface area contributed by atoms with E-state index in [1.165, 1.54) is 12.1 Å². The van der Waals surface area contributed by atoms with E-state index >= 15 is 0 Å². The van der Waals surface area contributed by atoms with Crippen molar-refractivity contribution in [3.05, 3.63) is 35.5 Å². The summed E-state index contributed by atoms with van der Waals surface area (Å²) in [6.07, 6.45) is 0. The van der Waals surface area contributed by atoms with Crippen LogP contribution < -0.4 is 15.8 Å². The van der Waals surface area contributed by atoms with Gasteiger partial charge in [0.1, 0.15) is 5.75 Å². The first-order chi connectivity index (χ1) is 9.97. The van der Waals surface area contributed by atoms with Gasteiger partial charge in [-0.3, -0.25) is 4.79 Å². The predicted molar refractivity (Wildman–Crippen MR) is 67.7 cm³/mol. The number of hydrogen-bond donors (Lipinski definition) is 2. The van der Waals surface area contributed by atoms with E-state index in [-0.39, 0.29) is 17.3 Å². The quantitative estimate of drug-likeness (QED) is 0.871. The maximum atomic E-state index is 12.2. The third kappa shape index (κ3) is 3.65. The van der Waals surface area contributed by atoms with Gasteiger partial charge in [-0.2, -0.15) is 8.78 Å². The number of aromatic nitrogens is 2. The molecule has 0 saturated heterocycles. The van der Waals surface area contributed by atoms with Gasteiger partial charge in [0.15, 0.2) is 0 Å². The van der Waals surface area contributed by atoms with Gasteiger partial charge >= 0.3 is 6.61 Å². The van der Waals surface area contributed by atoms with Crippen LogP contribution in [0.5, 0.6) is 5.75 Å². The maximum absolute atomic E-state index is 12.2. The first-order valence-corrected chi connectivity index (χ1v) is 5.91. The number of hydrogen-bond acceptors (Lipinski definition) is 6. The molecule has 21 heavy (non-hydrogen) atoms. The number of carbonyl (C=O) groups excluding carboxylic acids is 1. The molecular weight excluding hydrogens is 286 g/mol. The molecule has 112 valence electrons. The lowest BCUT2D eigenvalue weighted by atomic mass is 10.1. The van der Waals surface area contributed by atoms with Gasteiger partial charge in [-0.15, -0.1) is 0 Å². The molecule has 0 radical (unpaired) electrons. The van der Waals surface area contributed by atoms with Crippen LogP contribution in [-0.2, 0) is 0 Å². The van der Waals surface area contributed by atoms with Crippen molar-refractivity contribution in [1.82, 2.24) is 15.6 Å². The van der Waals surface area contributed by atoms with Crippen LogP contribution in [0.4, 0.5) is 14.6 Å². The van der Waals surface area contributed by atoms with Crippen LogP contribution in [0.2, 0.25) is 0 Å². The van der Waals surface area contributed by atoms with Crippen LogP contribution in [-0.4, -0.2) is 22.8 Å². The molecule has 1 heterocycles. The molecule has 7 nitrogen and oxygen atoms in total. The van der Waals surface area contributed by atoms with Gasteiger partial charge in [0, 0.05) is 0 Å². The Bertz CT molecular complexity index is 632. The summed E-state index contributed by atoms with van der Waals surface area (Å²) in [5.41, 5.74) is 5.85. The van der Waals surface area contributed by atoms with E-state index in [1.54, 1.807) is 19.1 Å². The van der Waals surface area contributed by atoms with E-state index in [9.17, 15) is 13.6 Å². The van der Waals surface area contributed by atoms with Crippen LogP contribution in [0, 0.1) is 0 Å². The number of rotatable bonds is 5. The van der Waals surface area contributed by atoms with Gasteiger partial charge in [0.05, 0.1) is 6.04 Å². The lowest BCUT2D eigenvalue weighted by Gasteiger charge is -2.14. The fourth-order valence-electron chi connectivity index (χ4n) is 1.66. The summed E-state index contributed by atoms with van der Waals surface area (Å²) in [5.74, 6) is -0.706. The van der Waals surface area contributed by atoms with E-state index < -0.39 is 18.6 Å². The SMILES string of the molecule is CC(NC(=O)c1nonc1N)c1cccc(OC(F)F)c1. The molecule has 9 heteroatoms. The molecule has 0 spiro atoms. The Balaban J connectivity index is 2.08. The van der Waals surface area contributed by atoms with Crippen molar-refractivity contribution < 1.29 is 22.9 Å². The Labute approximate surface area is 118 Å². The number of anilines is 1. The average molecular weight is 298 g/mol. The van der Waals surface area contributed by atoms with Gasteiger partial charge in [-0.1, -0.05) is 12.1 Å². The van der Waals surface area contributed by atoms with Crippen molar-refractivity contribution in [3.8, 4) is 5.75 Å². The average Bonchev–Trinajstić information content (AvgIpc) is 2.84. The minimum atomic E-state index is -2.91. The number of amides is 1. The Kier molecular flexibility index (Phi) is 4.31. The summed E-state index contributed by atoms with van der Waals surface area (Å²) >= 11 is 0. The number of nitrogen functional groups attached to an aromatic ring is 1. The molecule has 0 aliphatic rings. The molecule has 1 unspecified atom stereocenters. The lowest BCUT2D eigenvalue weighted by molar-refractivity contribution is -0.0499. The molecule has 1 aromatic heterocycles. The predicted octanol–water partition coefficient (Wildman–Crippen LogP) is 1.74. The number of nitrogens with two attached hydrogens (primary N) is 1. The van der Waals surface area contributed by atoms with Crippen molar-refractivity contribution in [2.75, 3.05) is 5.73 Å². The zero-order valence-corrected chi connectivity index (χ0v) is 10.9. The largest absolute Gasteiger partial charge is 0.435 e. The molecular formula is C12H12F2N4O3. The number of alkyl halides is 2. The first kappa shape index (κ1) is 14.7. The summed E-state index contributed by atoms with van der Waals surface area (Å²) < 4.78 is 32.9. The second kappa shape index (κ2) is 6.16. The van der Waals surface area contributed by atoms with Gasteiger partial charge in [-0.05, 0) is 34.9 Å². The van der Waals surface area contributed by atoms with Crippen molar-refractivity contribution in [3.63, 3.8) is 0 Å². The molecule has 0 saturated carbocycles. The van der Waals surface area contributed by atoms with Crippen molar-refractivity contribution in [1.29, 1.82) is 0 Å². The summed E-state index contributed by atoms with van der Waals surface area (Å²) in [7, 11) is 0. The molecule has 0 aliphatic carbocycles. The normalized spacial score (nSPS) is 12.2. The summed E-state index contributed by atoms with van der Waals surface area (Å²) in [6.45, 7) is -1.24.